The predicted molar refractivity (Wildman–Crippen MR) is 107 cm³/mol. The Bertz CT molecular complexity index is 878. The minimum absolute atomic E-state index is 0.121. The molecule has 0 saturated heterocycles. The van der Waals surface area contributed by atoms with E-state index in [1.807, 2.05) is 42.2 Å². The van der Waals surface area contributed by atoms with Gasteiger partial charge in [-0.2, -0.15) is 5.10 Å². The number of benzene rings is 1. The van der Waals surface area contributed by atoms with Gasteiger partial charge in [0.25, 0.3) is 5.91 Å². The molecule has 6 heteroatoms. The lowest BCUT2D eigenvalue weighted by Crippen LogP contribution is -2.26. The summed E-state index contributed by atoms with van der Waals surface area (Å²) in [5, 5.41) is 7.31. The fraction of sp³-hybridized carbons (Fsp3) is 0.333. The fourth-order valence-corrected chi connectivity index (χ4v) is 3.22. The lowest BCUT2D eigenvalue weighted by Gasteiger charge is -2.20. The molecule has 0 saturated carbocycles. The van der Waals surface area contributed by atoms with Gasteiger partial charge in [0.15, 0.2) is 0 Å². The van der Waals surface area contributed by atoms with Crippen molar-refractivity contribution in [2.75, 3.05) is 13.1 Å². The van der Waals surface area contributed by atoms with Crippen LogP contribution in [0.3, 0.4) is 0 Å². The molecule has 3 rings (SSSR count). The minimum atomic E-state index is -0.121. The van der Waals surface area contributed by atoms with Crippen LogP contribution in [0, 0.1) is 0 Å². The van der Waals surface area contributed by atoms with E-state index < -0.39 is 0 Å². The molecule has 6 nitrogen and oxygen atoms in total. The van der Waals surface area contributed by atoms with Crippen molar-refractivity contribution < 1.29 is 4.79 Å². The van der Waals surface area contributed by atoms with E-state index in [2.05, 4.69) is 47.4 Å². The summed E-state index contributed by atoms with van der Waals surface area (Å²) in [6.45, 7) is 7.73. The Kier molecular flexibility index (Phi) is 6.08. The highest BCUT2D eigenvalue weighted by Gasteiger charge is 2.17. The van der Waals surface area contributed by atoms with Crippen molar-refractivity contribution in [2.45, 2.75) is 26.9 Å². The van der Waals surface area contributed by atoms with E-state index in [-0.39, 0.29) is 5.91 Å². The smallest absolute Gasteiger partial charge is 0.256 e. The van der Waals surface area contributed by atoms with Crippen molar-refractivity contribution in [1.29, 1.82) is 0 Å². The van der Waals surface area contributed by atoms with E-state index in [9.17, 15) is 4.79 Å². The number of nitrogens with one attached hydrogen (secondary N) is 1. The maximum absolute atomic E-state index is 12.8. The number of aromatic nitrogens is 3. The first-order chi connectivity index (χ1) is 13.1. The maximum Gasteiger partial charge on any atom is 0.256 e. The highest BCUT2D eigenvalue weighted by atomic mass is 16.1. The number of amides is 1. The predicted octanol–water partition coefficient (Wildman–Crippen LogP) is 2.98. The molecule has 0 aliphatic rings. The summed E-state index contributed by atoms with van der Waals surface area (Å²) < 4.78 is 3.61. The SMILES string of the molecule is CCN(CC)Cc1ccccc1CNC(=O)c1cnn(C)c1-n1cccc1. The molecule has 27 heavy (non-hydrogen) atoms. The summed E-state index contributed by atoms with van der Waals surface area (Å²) >= 11 is 0. The van der Waals surface area contributed by atoms with E-state index in [4.69, 9.17) is 0 Å². The number of hydrogen-bond donors (Lipinski definition) is 1. The van der Waals surface area contributed by atoms with E-state index in [1.54, 1.807) is 10.9 Å². The number of aryl methyl sites for hydroxylation is 1. The Hall–Kier alpha value is -2.86. The zero-order chi connectivity index (χ0) is 19.2. The monoisotopic (exact) mass is 365 g/mol. The molecule has 0 spiro atoms. The highest BCUT2D eigenvalue weighted by molar-refractivity contribution is 5.97. The molecule has 0 radical (unpaired) electrons. The summed E-state index contributed by atoms with van der Waals surface area (Å²) in [5.41, 5.74) is 2.96. The van der Waals surface area contributed by atoms with Crippen LogP contribution in [-0.2, 0) is 20.1 Å². The molecule has 142 valence electrons. The van der Waals surface area contributed by atoms with Crippen molar-refractivity contribution in [2.24, 2.45) is 7.05 Å². The van der Waals surface area contributed by atoms with Crippen LogP contribution in [-0.4, -0.2) is 38.2 Å². The van der Waals surface area contributed by atoms with Crippen LogP contribution in [0.15, 0.2) is 55.0 Å². The molecule has 1 amide bonds. The first-order valence-corrected chi connectivity index (χ1v) is 9.36. The van der Waals surface area contributed by atoms with E-state index in [0.717, 1.165) is 31.0 Å². The summed E-state index contributed by atoms with van der Waals surface area (Å²) in [4.78, 5) is 15.2. The van der Waals surface area contributed by atoms with E-state index in [1.165, 1.54) is 5.56 Å². The summed E-state index contributed by atoms with van der Waals surface area (Å²) in [7, 11) is 1.84. The Labute approximate surface area is 160 Å². The lowest BCUT2D eigenvalue weighted by molar-refractivity contribution is 0.0950. The van der Waals surface area contributed by atoms with Crippen LogP contribution < -0.4 is 5.32 Å². The molecule has 0 atom stereocenters. The van der Waals surface area contributed by atoms with Crippen LogP contribution in [0.2, 0.25) is 0 Å². The second-order valence-electron chi connectivity index (χ2n) is 6.51. The molecule has 0 unspecified atom stereocenters. The topological polar surface area (TPSA) is 55.1 Å². The van der Waals surface area contributed by atoms with Crippen LogP contribution in [0.25, 0.3) is 5.82 Å². The van der Waals surface area contributed by atoms with Gasteiger partial charge in [-0.1, -0.05) is 38.1 Å². The molecule has 0 aliphatic heterocycles. The van der Waals surface area contributed by atoms with Gasteiger partial charge in [-0.25, -0.2) is 0 Å². The number of carbonyl (C=O) groups is 1. The quantitative estimate of drug-likeness (QED) is 0.668. The Morgan fingerprint density at radius 3 is 2.41 bits per heavy atom. The Morgan fingerprint density at radius 2 is 1.74 bits per heavy atom. The van der Waals surface area contributed by atoms with Crippen molar-refractivity contribution in [3.63, 3.8) is 0 Å². The standard InChI is InChI=1S/C21H27N5O/c1-4-25(5-2)16-18-11-7-6-10-17(18)14-22-20(27)19-15-23-24(3)21(19)26-12-8-9-13-26/h6-13,15H,4-5,14,16H2,1-3H3,(H,22,27). The van der Waals surface area contributed by atoms with Gasteiger partial charge in [-0.15, -0.1) is 0 Å². The zero-order valence-electron chi connectivity index (χ0n) is 16.2. The lowest BCUT2D eigenvalue weighted by atomic mass is 10.1. The van der Waals surface area contributed by atoms with Crippen molar-refractivity contribution in [3.05, 3.63) is 71.7 Å². The normalized spacial score (nSPS) is 11.1. The molecule has 0 fully saturated rings. The molecule has 2 heterocycles. The van der Waals surface area contributed by atoms with Gasteiger partial charge in [0.1, 0.15) is 11.4 Å². The number of carbonyl (C=O) groups excluding carboxylic acids is 1. The third-order valence-electron chi connectivity index (χ3n) is 4.85. The number of nitrogens with zero attached hydrogens (tertiary/aromatic N) is 4. The first-order valence-electron chi connectivity index (χ1n) is 9.36. The second-order valence-corrected chi connectivity index (χ2v) is 6.51. The summed E-state index contributed by atoms with van der Waals surface area (Å²) in [6, 6.07) is 12.1. The van der Waals surface area contributed by atoms with E-state index >= 15 is 0 Å². The van der Waals surface area contributed by atoms with Crippen LogP contribution in [0.5, 0.6) is 0 Å². The molecule has 1 N–H and O–H groups in total. The molecule has 2 aromatic heterocycles. The molecule has 0 aliphatic carbocycles. The van der Waals surface area contributed by atoms with E-state index in [0.29, 0.717) is 12.1 Å². The number of rotatable bonds is 8. The molecule has 1 aromatic carbocycles. The summed E-state index contributed by atoms with van der Waals surface area (Å²) in [5.74, 6) is 0.637. The average Bonchev–Trinajstić information content (AvgIpc) is 3.34. The second kappa shape index (κ2) is 8.68. The van der Waals surface area contributed by atoms with Crippen LogP contribution >= 0.6 is 0 Å². The molecular weight excluding hydrogens is 338 g/mol. The molecular formula is C21H27N5O. The highest BCUT2D eigenvalue weighted by Crippen LogP contribution is 2.15. The zero-order valence-corrected chi connectivity index (χ0v) is 16.2. The average molecular weight is 365 g/mol. The van der Waals surface area contributed by atoms with Crippen LogP contribution in [0.1, 0.15) is 35.3 Å². The fourth-order valence-electron chi connectivity index (χ4n) is 3.22. The van der Waals surface area contributed by atoms with Gasteiger partial charge in [0.2, 0.25) is 0 Å². The van der Waals surface area contributed by atoms with Gasteiger partial charge in [0.05, 0.1) is 6.20 Å². The van der Waals surface area contributed by atoms with Crippen molar-refractivity contribution in [3.8, 4) is 5.82 Å². The van der Waals surface area contributed by atoms with Crippen molar-refractivity contribution in [1.82, 2.24) is 24.6 Å². The van der Waals surface area contributed by atoms with Gasteiger partial charge in [-0.05, 0) is 36.3 Å². The molecule has 0 bridgehead atoms. The minimum Gasteiger partial charge on any atom is -0.348 e. The number of hydrogen-bond acceptors (Lipinski definition) is 3. The van der Waals surface area contributed by atoms with Crippen LogP contribution in [0.4, 0.5) is 0 Å². The van der Waals surface area contributed by atoms with Gasteiger partial charge in [0, 0.05) is 32.5 Å². The van der Waals surface area contributed by atoms with Gasteiger partial charge >= 0.3 is 0 Å². The van der Waals surface area contributed by atoms with Crippen molar-refractivity contribution >= 4 is 5.91 Å². The van der Waals surface area contributed by atoms with Gasteiger partial charge in [-0.3, -0.25) is 14.4 Å². The largest absolute Gasteiger partial charge is 0.348 e. The summed E-state index contributed by atoms with van der Waals surface area (Å²) in [6.07, 6.45) is 5.44. The Balaban J connectivity index is 1.74. The Morgan fingerprint density at radius 1 is 1.07 bits per heavy atom. The molecule has 3 aromatic rings. The maximum atomic E-state index is 12.8. The third-order valence-corrected chi connectivity index (χ3v) is 4.85. The van der Waals surface area contributed by atoms with Gasteiger partial charge < -0.3 is 9.88 Å². The third kappa shape index (κ3) is 4.28. The first kappa shape index (κ1) is 18.9.